The van der Waals surface area contributed by atoms with Gasteiger partial charge in [0.05, 0.1) is 4.48 Å². The highest BCUT2D eigenvalue weighted by Crippen LogP contribution is 2.20. The molecule has 0 N–H and O–H groups in total. The van der Waals surface area contributed by atoms with Crippen LogP contribution in [-0.2, 0) is 0 Å². The summed E-state index contributed by atoms with van der Waals surface area (Å²) < 4.78 is 12.4. The lowest BCUT2D eigenvalue weighted by Gasteiger charge is -1.97. The number of hydrogen-bond donors (Lipinski definition) is 0. The van der Waals surface area contributed by atoms with E-state index in [1.54, 1.807) is 0 Å². The Morgan fingerprint density at radius 2 is 1.91 bits per heavy atom. The fraction of sp³-hybridized carbons (Fsp3) is 0.111. The summed E-state index contributed by atoms with van der Waals surface area (Å²) in [5.41, 5.74) is 2.03. The van der Waals surface area contributed by atoms with Crippen molar-refractivity contribution in [2.24, 2.45) is 0 Å². The largest absolute Gasteiger partial charge is 0.214 e. The number of hydrogen-bond acceptors (Lipinski definition) is 0. The highest BCUT2D eigenvalue weighted by Gasteiger charge is 1.94. The van der Waals surface area contributed by atoms with Crippen molar-refractivity contribution in [1.82, 2.24) is 0 Å². The second-order valence-corrected chi connectivity index (χ2v) is 3.18. The van der Waals surface area contributed by atoms with Crippen LogP contribution < -0.4 is 0 Å². The van der Waals surface area contributed by atoms with Crippen LogP contribution in [0.5, 0.6) is 0 Å². The van der Waals surface area contributed by atoms with E-state index in [0.29, 0.717) is 10.8 Å². The van der Waals surface area contributed by atoms with Gasteiger partial charge in [0, 0.05) is 0 Å². The Labute approximate surface area is 73.9 Å². The van der Waals surface area contributed by atoms with Crippen LogP contribution in [0.15, 0.2) is 30.6 Å². The van der Waals surface area contributed by atoms with E-state index in [9.17, 15) is 4.39 Å². The first kappa shape index (κ1) is 8.47. The molecule has 1 aromatic rings. The average Bonchev–Trinajstić information content (AvgIpc) is 2.05. The molecule has 0 atom stereocenters. The lowest BCUT2D eigenvalue weighted by Crippen LogP contribution is -1.75. The molecule has 1 rings (SSSR count). The van der Waals surface area contributed by atoms with E-state index in [-0.39, 0.29) is 0 Å². The molecule has 0 saturated carbocycles. The van der Waals surface area contributed by atoms with Crippen molar-refractivity contribution in [3.63, 3.8) is 0 Å². The molecule has 1 aromatic carbocycles. The summed E-state index contributed by atoms with van der Waals surface area (Å²) in [5, 5.41) is 0. The predicted molar refractivity (Wildman–Crippen MR) is 49.2 cm³/mol. The normalized spacial score (nSPS) is 11.7. The number of halogens is 2. The van der Waals surface area contributed by atoms with E-state index < -0.39 is 0 Å². The standard InChI is InChI=1S/C9H8BrF/c1-7-2-4-8(5-3-7)9(10)6-11/h2-6H,1H3/b9-6+. The van der Waals surface area contributed by atoms with Gasteiger partial charge in [-0.3, -0.25) is 0 Å². The number of rotatable bonds is 1. The lowest BCUT2D eigenvalue weighted by molar-refractivity contribution is 0.726. The quantitative estimate of drug-likeness (QED) is 0.670. The van der Waals surface area contributed by atoms with Crippen molar-refractivity contribution >= 4 is 20.4 Å². The van der Waals surface area contributed by atoms with E-state index in [1.165, 1.54) is 5.56 Å². The maximum absolute atomic E-state index is 12.0. The highest BCUT2D eigenvalue weighted by molar-refractivity contribution is 9.15. The van der Waals surface area contributed by atoms with Crippen LogP contribution in [0.3, 0.4) is 0 Å². The van der Waals surface area contributed by atoms with Crippen LogP contribution in [0, 0.1) is 6.92 Å². The smallest absolute Gasteiger partial charge is 0.101 e. The van der Waals surface area contributed by atoms with Gasteiger partial charge < -0.3 is 0 Å². The second-order valence-electron chi connectivity index (χ2n) is 2.32. The van der Waals surface area contributed by atoms with Gasteiger partial charge in [-0.05, 0) is 28.4 Å². The third-order valence-electron chi connectivity index (χ3n) is 1.42. The van der Waals surface area contributed by atoms with Gasteiger partial charge >= 0.3 is 0 Å². The molecule has 11 heavy (non-hydrogen) atoms. The molecular weight excluding hydrogens is 207 g/mol. The number of benzene rings is 1. The summed E-state index contributed by atoms with van der Waals surface area (Å²) in [4.78, 5) is 0. The Balaban J connectivity index is 2.99. The Bertz CT molecular complexity index is 261. The van der Waals surface area contributed by atoms with Gasteiger partial charge in [0.25, 0.3) is 0 Å². The minimum atomic E-state index is 0.484. The Morgan fingerprint density at radius 3 is 2.36 bits per heavy atom. The molecule has 0 aromatic heterocycles. The SMILES string of the molecule is Cc1ccc(/C(Br)=C\F)cc1. The summed E-state index contributed by atoms with van der Waals surface area (Å²) in [6.07, 6.45) is 0.546. The first-order valence-corrected chi connectivity index (χ1v) is 4.06. The Kier molecular flexibility index (Phi) is 2.83. The minimum absolute atomic E-state index is 0.484. The van der Waals surface area contributed by atoms with Crippen LogP contribution in [-0.4, -0.2) is 0 Å². The van der Waals surface area contributed by atoms with Crippen molar-refractivity contribution in [2.75, 3.05) is 0 Å². The van der Waals surface area contributed by atoms with Crippen molar-refractivity contribution in [1.29, 1.82) is 0 Å². The lowest BCUT2D eigenvalue weighted by atomic mass is 10.1. The molecule has 0 spiro atoms. The fourth-order valence-corrected chi connectivity index (χ4v) is 1.04. The summed E-state index contributed by atoms with van der Waals surface area (Å²) in [6, 6.07) is 7.63. The highest BCUT2D eigenvalue weighted by atomic mass is 79.9. The van der Waals surface area contributed by atoms with E-state index in [2.05, 4.69) is 15.9 Å². The molecule has 0 nitrogen and oxygen atoms in total. The molecule has 0 saturated heterocycles. The molecule has 0 aliphatic carbocycles. The maximum Gasteiger partial charge on any atom is 0.101 e. The van der Waals surface area contributed by atoms with Crippen LogP contribution in [0.1, 0.15) is 11.1 Å². The molecular formula is C9H8BrF. The molecule has 0 bridgehead atoms. The molecule has 0 unspecified atom stereocenters. The summed E-state index contributed by atoms with van der Waals surface area (Å²) in [7, 11) is 0. The zero-order chi connectivity index (χ0) is 8.27. The molecule has 2 heteroatoms. The zero-order valence-electron chi connectivity index (χ0n) is 6.14. The second kappa shape index (κ2) is 3.67. The van der Waals surface area contributed by atoms with E-state index in [0.717, 1.165) is 5.56 Å². The van der Waals surface area contributed by atoms with Crippen LogP contribution in [0.2, 0.25) is 0 Å². The van der Waals surface area contributed by atoms with Gasteiger partial charge in [-0.15, -0.1) is 0 Å². The third-order valence-corrected chi connectivity index (χ3v) is 2.05. The maximum atomic E-state index is 12.0. The molecule has 58 valence electrons. The van der Waals surface area contributed by atoms with Crippen molar-refractivity contribution < 1.29 is 4.39 Å². The van der Waals surface area contributed by atoms with E-state index in [1.807, 2.05) is 31.2 Å². The summed E-state index contributed by atoms with van der Waals surface area (Å²) >= 11 is 3.10. The third kappa shape index (κ3) is 2.15. The van der Waals surface area contributed by atoms with Crippen molar-refractivity contribution in [3.05, 3.63) is 41.7 Å². The van der Waals surface area contributed by atoms with Gasteiger partial charge in [0.2, 0.25) is 0 Å². The van der Waals surface area contributed by atoms with Crippen molar-refractivity contribution in [3.8, 4) is 0 Å². The first-order chi connectivity index (χ1) is 5.24. The van der Waals surface area contributed by atoms with Gasteiger partial charge in [0.1, 0.15) is 6.33 Å². The topological polar surface area (TPSA) is 0 Å². The van der Waals surface area contributed by atoms with Crippen LogP contribution in [0.25, 0.3) is 4.48 Å². The monoisotopic (exact) mass is 214 g/mol. The van der Waals surface area contributed by atoms with Gasteiger partial charge in [0.15, 0.2) is 0 Å². The Morgan fingerprint density at radius 1 is 1.36 bits per heavy atom. The van der Waals surface area contributed by atoms with Crippen molar-refractivity contribution in [2.45, 2.75) is 6.92 Å². The van der Waals surface area contributed by atoms with Crippen LogP contribution in [0.4, 0.5) is 4.39 Å². The molecule has 0 aliphatic rings. The molecule has 0 radical (unpaired) electrons. The minimum Gasteiger partial charge on any atom is -0.214 e. The van der Waals surface area contributed by atoms with E-state index in [4.69, 9.17) is 0 Å². The van der Waals surface area contributed by atoms with E-state index >= 15 is 0 Å². The Hall–Kier alpha value is -0.630. The average molecular weight is 215 g/mol. The van der Waals surface area contributed by atoms with Gasteiger partial charge in [-0.2, -0.15) is 0 Å². The summed E-state index contributed by atoms with van der Waals surface area (Å²) in [6.45, 7) is 2.00. The molecule has 0 amide bonds. The molecule has 0 fully saturated rings. The molecule has 0 aliphatic heterocycles. The van der Waals surface area contributed by atoms with Crippen LogP contribution >= 0.6 is 15.9 Å². The van der Waals surface area contributed by atoms with Gasteiger partial charge in [-0.25, -0.2) is 4.39 Å². The number of aryl methyl sites for hydroxylation is 1. The predicted octanol–water partition coefficient (Wildman–Crippen LogP) is 3.66. The first-order valence-electron chi connectivity index (χ1n) is 3.27. The van der Waals surface area contributed by atoms with Gasteiger partial charge in [-0.1, -0.05) is 29.8 Å². The fourth-order valence-electron chi connectivity index (χ4n) is 0.776. The summed E-state index contributed by atoms with van der Waals surface area (Å²) in [5.74, 6) is 0. The zero-order valence-corrected chi connectivity index (χ0v) is 7.73. The molecule has 0 heterocycles.